The number of amides is 3. The Hall–Kier alpha value is -2.55. The number of benzene rings is 2. The number of para-hydroxylation sites is 1. The van der Waals surface area contributed by atoms with Gasteiger partial charge in [-0.15, -0.1) is 0 Å². The summed E-state index contributed by atoms with van der Waals surface area (Å²) in [7, 11) is 0. The molecule has 1 aliphatic rings. The van der Waals surface area contributed by atoms with Gasteiger partial charge in [0.15, 0.2) is 5.16 Å². The van der Waals surface area contributed by atoms with Gasteiger partial charge in [0.05, 0.1) is 16.7 Å². The highest BCUT2D eigenvalue weighted by atomic mass is 35.5. The Bertz CT molecular complexity index is 1230. The zero-order valence-electron chi connectivity index (χ0n) is 16.3. The van der Waals surface area contributed by atoms with Gasteiger partial charge in [-0.1, -0.05) is 53.2 Å². The molecule has 0 aliphatic carbocycles. The third-order valence-corrected chi connectivity index (χ3v) is 6.48. The van der Waals surface area contributed by atoms with Gasteiger partial charge in [0, 0.05) is 29.7 Å². The third-order valence-electron chi connectivity index (χ3n) is 4.93. The second kappa shape index (κ2) is 9.30. The maximum absolute atomic E-state index is 13.2. The highest BCUT2D eigenvalue weighted by Crippen LogP contribution is 2.23. The molecule has 31 heavy (non-hydrogen) atoms. The molecule has 7 nitrogen and oxygen atoms in total. The number of hydrogen-bond acceptors (Lipinski definition) is 5. The summed E-state index contributed by atoms with van der Waals surface area (Å²) < 4.78 is 1.55. The molecule has 3 aromatic rings. The van der Waals surface area contributed by atoms with Gasteiger partial charge >= 0.3 is 6.03 Å². The minimum Gasteiger partial charge on any atom is -0.336 e. The molecule has 4 rings (SSSR count). The molecule has 1 saturated heterocycles. The summed E-state index contributed by atoms with van der Waals surface area (Å²) >= 11 is 13.4. The Labute approximate surface area is 192 Å². The fourth-order valence-corrected chi connectivity index (χ4v) is 4.73. The van der Waals surface area contributed by atoms with Gasteiger partial charge in [-0.25, -0.2) is 9.78 Å². The minimum atomic E-state index is -0.396. The van der Waals surface area contributed by atoms with Gasteiger partial charge in [-0.05, 0) is 36.2 Å². The molecule has 1 fully saturated rings. The van der Waals surface area contributed by atoms with Crippen molar-refractivity contribution in [3.8, 4) is 0 Å². The van der Waals surface area contributed by atoms with Crippen molar-refractivity contribution in [2.75, 3.05) is 18.8 Å². The van der Waals surface area contributed by atoms with Crippen LogP contribution in [0.25, 0.3) is 10.9 Å². The average molecular weight is 477 g/mol. The van der Waals surface area contributed by atoms with Crippen LogP contribution >= 0.6 is 35.0 Å². The number of carbonyl (C=O) groups is 2. The molecule has 3 amide bonds. The van der Waals surface area contributed by atoms with Crippen LogP contribution in [0.2, 0.25) is 10.0 Å². The maximum Gasteiger partial charge on any atom is 0.324 e. The van der Waals surface area contributed by atoms with E-state index < -0.39 is 6.03 Å². The lowest BCUT2D eigenvalue weighted by atomic mass is 10.1. The molecular weight excluding hydrogens is 459 g/mol. The summed E-state index contributed by atoms with van der Waals surface area (Å²) in [5, 5.41) is 4.59. The van der Waals surface area contributed by atoms with Crippen molar-refractivity contribution in [1.29, 1.82) is 0 Å². The van der Waals surface area contributed by atoms with E-state index >= 15 is 0 Å². The number of fused-ring (bicyclic) bond motifs is 1. The second-order valence-electron chi connectivity index (χ2n) is 6.92. The van der Waals surface area contributed by atoms with Gasteiger partial charge in [-0.2, -0.15) is 0 Å². The number of aryl methyl sites for hydroxylation is 1. The SMILES string of the molecule is O=C(CSc1nc2ccccc2c(=O)n1CCc1ccc(Cl)cc1Cl)N1CCNC1=O. The normalized spacial score (nSPS) is 13.6. The molecular formula is C21H18Cl2N4O3S. The Balaban J connectivity index is 1.62. The fourth-order valence-electron chi connectivity index (χ4n) is 3.33. The zero-order valence-corrected chi connectivity index (χ0v) is 18.6. The molecule has 0 bridgehead atoms. The first-order valence-electron chi connectivity index (χ1n) is 9.58. The quantitative estimate of drug-likeness (QED) is 0.434. The summed E-state index contributed by atoms with van der Waals surface area (Å²) in [5.41, 5.74) is 1.22. The van der Waals surface area contributed by atoms with Crippen LogP contribution in [0.15, 0.2) is 52.4 Å². The first kappa shape index (κ1) is 21.7. The second-order valence-corrected chi connectivity index (χ2v) is 8.71. The Morgan fingerprint density at radius 1 is 1.16 bits per heavy atom. The average Bonchev–Trinajstić information content (AvgIpc) is 3.18. The number of halogens is 2. The smallest absolute Gasteiger partial charge is 0.324 e. The van der Waals surface area contributed by atoms with Crippen molar-refractivity contribution in [3.05, 3.63) is 68.4 Å². The van der Waals surface area contributed by atoms with Crippen LogP contribution in [0, 0.1) is 0 Å². The van der Waals surface area contributed by atoms with Crippen LogP contribution in [0.3, 0.4) is 0 Å². The van der Waals surface area contributed by atoms with Crippen molar-refractivity contribution in [2.45, 2.75) is 18.1 Å². The van der Waals surface area contributed by atoms with Crippen molar-refractivity contribution < 1.29 is 9.59 Å². The highest BCUT2D eigenvalue weighted by molar-refractivity contribution is 7.99. The summed E-state index contributed by atoms with van der Waals surface area (Å²) in [6.45, 7) is 1.11. The number of thioether (sulfide) groups is 1. The van der Waals surface area contributed by atoms with Gasteiger partial charge in [0.1, 0.15) is 0 Å². The van der Waals surface area contributed by atoms with Crippen molar-refractivity contribution >= 4 is 57.8 Å². The number of hydrogen-bond donors (Lipinski definition) is 1. The van der Waals surface area contributed by atoms with Gasteiger partial charge in [-0.3, -0.25) is 19.1 Å². The molecule has 1 aromatic heterocycles. The van der Waals surface area contributed by atoms with Crippen LogP contribution in [0.1, 0.15) is 5.56 Å². The van der Waals surface area contributed by atoms with Crippen LogP contribution in [-0.2, 0) is 17.8 Å². The van der Waals surface area contributed by atoms with Crippen LogP contribution in [0.4, 0.5) is 4.79 Å². The molecule has 0 spiro atoms. The van der Waals surface area contributed by atoms with Crippen LogP contribution in [0.5, 0.6) is 0 Å². The number of rotatable bonds is 6. The predicted molar refractivity (Wildman–Crippen MR) is 122 cm³/mol. The minimum absolute atomic E-state index is 0.0000979. The van der Waals surface area contributed by atoms with E-state index in [0.717, 1.165) is 17.3 Å². The van der Waals surface area contributed by atoms with Crippen LogP contribution < -0.4 is 10.9 Å². The Kier molecular flexibility index (Phi) is 6.50. The number of carbonyl (C=O) groups excluding carboxylic acids is 2. The largest absolute Gasteiger partial charge is 0.336 e. The lowest BCUT2D eigenvalue weighted by Gasteiger charge is -2.15. The van der Waals surface area contributed by atoms with E-state index in [0.29, 0.717) is 52.2 Å². The molecule has 0 atom stereocenters. The van der Waals surface area contributed by atoms with Gasteiger partial charge in [0.2, 0.25) is 5.91 Å². The van der Waals surface area contributed by atoms with Gasteiger partial charge < -0.3 is 5.32 Å². The predicted octanol–water partition coefficient (Wildman–Crippen LogP) is 3.59. The van der Waals surface area contributed by atoms with Crippen LogP contribution in [-0.4, -0.2) is 45.2 Å². The Morgan fingerprint density at radius 3 is 2.71 bits per heavy atom. The molecule has 0 radical (unpaired) electrons. The van der Waals surface area contributed by atoms with Crippen molar-refractivity contribution in [3.63, 3.8) is 0 Å². The summed E-state index contributed by atoms with van der Waals surface area (Å²) in [6, 6.07) is 11.9. The maximum atomic E-state index is 13.2. The number of imide groups is 1. The van der Waals surface area contributed by atoms with E-state index in [4.69, 9.17) is 23.2 Å². The van der Waals surface area contributed by atoms with E-state index in [2.05, 4.69) is 10.3 Å². The molecule has 2 aromatic carbocycles. The third kappa shape index (κ3) is 4.71. The fraction of sp³-hybridized carbons (Fsp3) is 0.238. The number of aromatic nitrogens is 2. The lowest BCUT2D eigenvalue weighted by Crippen LogP contribution is -2.35. The summed E-state index contributed by atoms with van der Waals surface area (Å²) in [4.78, 5) is 43.1. The Morgan fingerprint density at radius 2 is 1.97 bits per heavy atom. The summed E-state index contributed by atoms with van der Waals surface area (Å²) in [6.07, 6.45) is 0.492. The lowest BCUT2D eigenvalue weighted by molar-refractivity contribution is -0.124. The number of nitrogens with zero attached hydrogens (tertiary/aromatic N) is 3. The molecule has 1 aliphatic heterocycles. The molecule has 0 saturated carbocycles. The van der Waals surface area contributed by atoms with Gasteiger partial charge in [0.25, 0.3) is 5.56 Å². The van der Waals surface area contributed by atoms with E-state index in [1.165, 1.54) is 4.90 Å². The van der Waals surface area contributed by atoms with Crippen molar-refractivity contribution in [1.82, 2.24) is 19.8 Å². The van der Waals surface area contributed by atoms with E-state index in [-0.39, 0.29) is 17.2 Å². The molecule has 10 heteroatoms. The standard InChI is InChI=1S/C21H18Cl2N4O3S/c22-14-6-5-13(16(23)11-14)7-9-27-19(29)15-3-1-2-4-17(15)25-21(27)31-12-18(28)26-10-8-24-20(26)30/h1-6,11H,7-10,12H2,(H,24,30). The van der Waals surface area contributed by atoms with E-state index in [1.54, 1.807) is 41.0 Å². The highest BCUT2D eigenvalue weighted by Gasteiger charge is 2.26. The molecule has 2 heterocycles. The first-order chi connectivity index (χ1) is 14.9. The van der Waals surface area contributed by atoms with Crippen molar-refractivity contribution in [2.24, 2.45) is 0 Å². The zero-order chi connectivity index (χ0) is 22.0. The topological polar surface area (TPSA) is 84.3 Å². The van der Waals surface area contributed by atoms with E-state index in [1.807, 2.05) is 6.07 Å². The molecule has 0 unspecified atom stereocenters. The molecule has 160 valence electrons. The number of urea groups is 1. The summed E-state index contributed by atoms with van der Waals surface area (Å²) in [5.74, 6) is -0.324. The number of nitrogens with one attached hydrogen (secondary N) is 1. The van der Waals surface area contributed by atoms with E-state index in [9.17, 15) is 14.4 Å². The monoisotopic (exact) mass is 476 g/mol. The molecule has 1 N–H and O–H groups in total. The first-order valence-corrected chi connectivity index (χ1v) is 11.3.